The first-order valence-corrected chi connectivity index (χ1v) is 13.7. The number of para-hydroxylation sites is 1. The molecule has 3 aromatic rings. The Balaban J connectivity index is 1.29. The van der Waals surface area contributed by atoms with Gasteiger partial charge in [0.1, 0.15) is 17.2 Å². The summed E-state index contributed by atoms with van der Waals surface area (Å²) in [5.41, 5.74) is 1.12. The van der Waals surface area contributed by atoms with Crippen molar-refractivity contribution < 1.29 is 23.5 Å². The minimum Gasteiger partial charge on any atom is -0.493 e. The number of benzene rings is 3. The van der Waals surface area contributed by atoms with Crippen LogP contribution in [0.15, 0.2) is 71.6 Å². The van der Waals surface area contributed by atoms with Gasteiger partial charge in [0, 0.05) is 28.0 Å². The molecule has 3 aromatic carbocycles. The quantitative estimate of drug-likeness (QED) is 0.151. The topological polar surface area (TPSA) is 64.6 Å². The fourth-order valence-corrected chi connectivity index (χ4v) is 5.52. The van der Waals surface area contributed by atoms with E-state index in [1.807, 2.05) is 48.5 Å². The van der Waals surface area contributed by atoms with Gasteiger partial charge in [-0.3, -0.25) is 9.59 Å². The summed E-state index contributed by atoms with van der Waals surface area (Å²) in [6, 6.07) is 20.1. The summed E-state index contributed by atoms with van der Waals surface area (Å²) in [5, 5.41) is 0.796. The van der Waals surface area contributed by atoms with E-state index in [2.05, 4.69) is 12.2 Å². The molecule has 1 unspecified atom stereocenters. The van der Waals surface area contributed by atoms with E-state index in [0.29, 0.717) is 23.4 Å². The van der Waals surface area contributed by atoms with Crippen molar-refractivity contribution >= 4 is 45.5 Å². The van der Waals surface area contributed by atoms with Crippen molar-refractivity contribution in [2.75, 3.05) is 12.4 Å². The minimum absolute atomic E-state index is 0.0201. The maximum atomic E-state index is 14.9. The van der Waals surface area contributed by atoms with Crippen molar-refractivity contribution in [1.82, 2.24) is 5.32 Å². The van der Waals surface area contributed by atoms with Gasteiger partial charge in [-0.2, -0.15) is 0 Å². The third-order valence-corrected chi connectivity index (χ3v) is 7.74. The van der Waals surface area contributed by atoms with Gasteiger partial charge in [0.2, 0.25) is 0 Å². The summed E-state index contributed by atoms with van der Waals surface area (Å²) in [5.74, 6) is 0.610. The minimum atomic E-state index is -2.54. The molecule has 188 valence electrons. The van der Waals surface area contributed by atoms with Crippen LogP contribution >= 0.6 is 35.1 Å². The first kappa shape index (κ1) is 26.4. The third-order valence-electron chi connectivity index (χ3n) is 5.40. The summed E-state index contributed by atoms with van der Waals surface area (Å²) >= 11 is 8.17. The van der Waals surface area contributed by atoms with Gasteiger partial charge < -0.3 is 14.8 Å². The molecule has 1 amide bonds. The van der Waals surface area contributed by atoms with E-state index in [9.17, 15) is 14.0 Å². The Labute approximate surface area is 223 Å². The molecule has 1 N–H and O–H groups in total. The Bertz CT molecular complexity index is 1240. The number of hydrogen-bond acceptors (Lipinski definition) is 6. The number of ether oxygens (including phenoxy) is 2. The lowest BCUT2D eigenvalue weighted by Crippen LogP contribution is -2.38. The first-order chi connectivity index (χ1) is 17.4. The number of nitrogens with one attached hydrogen (secondary N) is 1. The molecule has 5 nitrogen and oxygen atoms in total. The van der Waals surface area contributed by atoms with Crippen LogP contribution in [0.2, 0.25) is 5.02 Å². The number of hydrogen-bond donors (Lipinski definition) is 1. The van der Waals surface area contributed by atoms with E-state index in [1.54, 1.807) is 6.07 Å². The molecule has 0 radical (unpaired) electrons. The van der Waals surface area contributed by atoms with Crippen LogP contribution in [0.1, 0.15) is 30.9 Å². The molecule has 0 bridgehead atoms. The monoisotopic (exact) mass is 545 g/mol. The molecule has 0 saturated carbocycles. The van der Waals surface area contributed by atoms with Crippen LogP contribution < -0.4 is 14.8 Å². The van der Waals surface area contributed by atoms with Crippen LogP contribution in [0.3, 0.4) is 0 Å². The highest BCUT2D eigenvalue weighted by molar-refractivity contribution is 8.26. The third kappa shape index (κ3) is 6.35. The predicted octanol–water partition coefficient (Wildman–Crippen LogP) is 7.75. The smallest absolute Gasteiger partial charge is 0.289 e. The molecule has 1 aliphatic heterocycles. The van der Waals surface area contributed by atoms with Gasteiger partial charge in [0.05, 0.1) is 11.6 Å². The Morgan fingerprint density at radius 1 is 1.06 bits per heavy atom. The zero-order valence-electron chi connectivity index (χ0n) is 19.6. The van der Waals surface area contributed by atoms with E-state index in [1.165, 1.54) is 23.9 Å². The Morgan fingerprint density at radius 3 is 2.56 bits per heavy atom. The average molecular weight is 546 g/mol. The molecule has 4 rings (SSSR count). The maximum absolute atomic E-state index is 14.9. The van der Waals surface area contributed by atoms with Crippen LogP contribution in [0, 0.1) is 0 Å². The Hall–Kier alpha value is -2.68. The van der Waals surface area contributed by atoms with Gasteiger partial charge in [0.25, 0.3) is 16.1 Å². The van der Waals surface area contributed by atoms with E-state index >= 15 is 0 Å². The largest absolute Gasteiger partial charge is 0.493 e. The second kappa shape index (κ2) is 12.0. The lowest BCUT2D eigenvalue weighted by atomic mass is 10.1. The second-order valence-electron chi connectivity index (χ2n) is 8.09. The highest BCUT2D eigenvalue weighted by atomic mass is 35.5. The lowest BCUT2D eigenvalue weighted by Gasteiger charge is -2.18. The van der Waals surface area contributed by atoms with Crippen LogP contribution in [0.25, 0.3) is 0 Å². The molecular weight excluding hydrogens is 521 g/mol. The summed E-state index contributed by atoms with van der Waals surface area (Å²) in [7, 11) is 0. The fourth-order valence-electron chi connectivity index (χ4n) is 3.67. The van der Waals surface area contributed by atoms with Crippen LogP contribution in [-0.4, -0.2) is 22.7 Å². The standard InChI is InChI=1S/C27H25ClFNO4S2/c1-2-7-18-16-21(34-20-8-4-3-5-9-20)11-12-23(18)33-14-6-15-35-24-13-10-19(17-22(24)28)27(29)25(31)36-26(32)30-27/h3-5,8-13,16-17H,2,6-7,14-15H2,1H3,(H,30,32). The van der Waals surface area contributed by atoms with Crippen molar-refractivity contribution in [1.29, 1.82) is 0 Å². The van der Waals surface area contributed by atoms with Gasteiger partial charge in [-0.1, -0.05) is 49.2 Å². The van der Waals surface area contributed by atoms with Crippen molar-refractivity contribution in [2.24, 2.45) is 0 Å². The molecule has 1 aliphatic rings. The molecule has 1 fully saturated rings. The van der Waals surface area contributed by atoms with E-state index in [-0.39, 0.29) is 5.56 Å². The van der Waals surface area contributed by atoms with Crippen LogP contribution in [0.4, 0.5) is 9.18 Å². The normalized spacial score (nSPS) is 17.2. The maximum Gasteiger partial charge on any atom is 0.289 e. The fraction of sp³-hybridized carbons (Fsp3) is 0.259. The highest BCUT2D eigenvalue weighted by Gasteiger charge is 2.49. The van der Waals surface area contributed by atoms with Crippen molar-refractivity contribution in [3.63, 3.8) is 0 Å². The summed E-state index contributed by atoms with van der Waals surface area (Å²) in [6.07, 6.45) is 2.65. The number of carbonyl (C=O) groups is 2. The van der Waals surface area contributed by atoms with Gasteiger partial charge in [-0.25, -0.2) is 4.39 Å². The highest BCUT2D eigenvalue weighted by Crippen LogP contribution is 2.38. The average Bonchev–Trinajstić information content (AvgIpc) is 3.13. The number of halogens is 2. The summed E-state index contributed by atoms with van der Waals surface area (Å²) in [6.45, 7) is 2.66. The van der Waals surface area contributed by atoms with E-state index in [4.69, 9.17) is 21.1 Å². The molecule has 0 aromatic heterocycles. The van der Waals surface area contributed by atoms with E-state index in [0.717, 1.165) is 52.7 Å². The number of amides is 1. The van der Waals surface area contributed by atoms with Crippen molar-refractivity contribution in [3.8, 4) is 17.2 Å². The van der Waals surface area contributed by atoms with Gasteiger partial charge >= 0.3 is 0 Å². The molecule has 9 heteroatoms. The summed E-state index contributed by atoms with van der Waals surface area (Å²) in [4.78, 5) is 24.0. The number of alkyl halides is 1. The molecule has 1 saturated heterocycles. The van der Waals surface area contributed by atoms with Gasteiger partial charge in [-0.15, -0.1) is 11.8 Å². The Kier molecular flexibility index (Phi) is 8.82. The van der Waals surface area contributed by atoms with Crippen LogP contribution in [-0.2, 0) is 17.0 Å². The lowest BCUT2D eigenvalue weighted by molar-refractivity contribution is -0.122. The Morgan fingerprint density at radius 2 is 1.86 bits per heavy atom. The van der Waals surface area contributed by atoms with Crippen molar-refractivity contribution in [2.45, 2.75) is 36.9 Å². The van der Waals surface area contributed by atoms with E-state index < -0.39 is 16.1 Å². The van der Waals surface area contributed by atoms with Crippen LogP contribution in [0.5, 0.6) is 17.2 Å². The molecule has 1 heterocycles. The SMILES string of the molecule is CCCc1cc(Oc2ccccc2)ccc1OCCCSc1ccc(C2(F)NC(=O)SC2=O)cc1Cl. The molecule has 0 aliphatic carbocycles. The second-order valence-corrected chi connectivity index (χ2v) is 10.6. The molecule has 36 heavy (non-hydrogen) atoms. The van der Waals surface area contributed by atoms with Gasteiger partial charge in [-0.05, 0) is 60.9 Å². The number of rotatable bonds is 11. The predicted molar refractivity (Wildman–Crippen MR) is 143 cm³/mol. The number of thioether (sulfide) groups is 2. The molecule has 0 spiro atoms. The number of carbonyl (C=O) groups excluding carboxylic acids is 2. The number of aryl methyl sites for hydroxylation is 1. The summed E-state index contributed by atoms with van der Waals surface area (Å²) < 4.78 is 26.9. The molecule has 1 atom stereocenters. The van der Waals surface area contributed by atoms with Crippen molar-refractivity contribution in [3.05, 3.63) is 82.9 Å². The first-order valence-electron chi connectivity index (χ1n) is 11.5. The van der Waals surface area contributed by atoms with Gasteiger partial charge in [0.15, 0.2) is 0 Å². The zero-order chi connectivity index (χ0) is 25.5. The zero-order valence-corrected chi connectivity index (χ0v) is 22.0. The molecular formula is C27H25ClFNO4S2.